The molecule has 2 aromatic carbocycles. The minimum Gasteiger partial charge on any atom is -0.271 e. The molecule has 0 radical (unpaired) electrons. The summed E-state index contributed by atoms with van der Waals surface area (Å²) in [5.74, 6) is 5.70. The van der Waals surface area contributed by atoms with E-state index in [2.05, 4.69) is 37.5 Å². The number of benzene rings is 2. The Bertz CT molecular complexity index is 611. The van der Waals surface area contributed by atoms with Gasteiger partial charge in [0.15, 0.2) is 0 Å². The SMILES string of the molecule is Cc1ccc(C(Cc2cc(Cl)ccc2Cl)NN)cc1C. The molecule has 3 N–H and O–H groups in total. The maximum Gasteiger partial charge on any atom is 0.0500 e. The molecule has 0 saturated heterocycles. The van der Waals surface area contributed by atoms with Gasteiger partial charge in [-0.3, -0.25) is 11.3 Å². The Labute approximate surface area is 129 Å². The van der Waals surface area contributed by atoms with Crippen LogP contribution in [0.3, 0.4) is 0 Å². The summed E-state index contributed by atoms with van der Waals surface area (Å²) in [6.07, 6.45) is 0.693. The largest absolute Gasteiger partial charge is 0.271 e. The molecule has 2 aromatic rings. The Morgan fingerprint density at radius 3 is 2.45 bits per heavy atom. The third kappa shape index (κ3) is 3.53. The molecule has 0 bridgehead atoms. The van der Waals surface area contributed by atoms with Crippen molar-refractivity contribution >= 4 is 23.2 Å². The van der Waals surface area contributed by atoms with E-state index in [1.807, 2.05) is 12.1 Å². The quantitative estimate of drug-likeness (QED) is 0.650. The maximum absolute atomic E-state index is 6.21. The summed E-state index contributed by atoms with van der Waals surface area (Å²) in [6.45, 7) is 4.19. The first kappa shape index (κ1) is 15.3. The number of rotatable bonds is 4. The fraction of sp³-hybridized carbons (Fsp3) is 0.250. The van der Waals surface area contributed by atoms with Gasteiger partial charge in [0.2, 0.25) is 0 Å². The molecule has 0 fully saturated rings. The number of hydrogen-bond acceptors (Lipinski definition) is 2. The van der Waals surface area contributed by atoms with Crippen LogP contribution < -0.4 is 11.3 Å². The summed E-state index contributed by atoms with van der Waals surface area (Å²) in [6, 6.07) is 11.8. The Kier molecular flexibility index (Phi) is 5.06. The van der Waals surface area contributed by atoms with Crippen molar-refractivity contribution in [1.82, 2.24) is 5.43 Å². The summed E-state index contributed by atoms with van der Waals surface area (Å²) < 4.78 is 0. The first-order chi connectivity index (χ1) is 9.51. The second kappa shape index (κ2) is 6.59. The van der Waals surface area contributed by atoms with E-state index in [0.717, 1.165) is 11.1 Å². The molecular weight excluding hydrogens is 291 g/mol. The highest BCUT2D eigenvalue weighted by Gasteiger charge is 2.13. The van der Waals surface area contributed by atoms with E-state index in [1.165, 1.54) is 11.1 Å². The van der Waals surface area contributed by atoms with Crippen LogP contribution in [0.5, 0.6) is 0 Å². The van der Waals surface area contributed by atoms with Crippen molar-refractivity contribution in [2.75, 3.05) is 0 Å². The minimum absolute atomic E-state index is 0.00488. The van der Waals surface area contributed by atoms with Gasteiger partial charge in [0.25, 0.3) is 0 Å². The third-order valence-electron chi connectivity index (χ3n) is 3.57. The molecule has 4 heteroatoms. The standard InChI is InChI=1S/C16H18Cl2N2/c1-10-3-4-12(7-11(10)2)16(20-19)9-13-8-14(17)5-6-15(13)18/h3-8,16,20H,9,19H2,1-2H3. The molecule has 0 spiro atoms. The van der Waals surface area contributed by atoms with Crippen molar-refractivity contribution in [3.05, 3.63) is 68.7 Å². The predicted octanol–water partition coefficient (Wildman–Crippen LogP) is 4.36. The smallest absolute Gasteiger partial charge is 0.0500 e. The molecule has 0 aliphatic rings. The summed E-state index contributed by atoms with van der Waals surface area (Å²) in [4.78, 5) is 0. The van der Waals surface area contributed by atoms with Crippen molar-refractivity contribution < 1.29 is 0 Å². The molecule has 1 atom stereocenters. The van der Waals surface area contributed by atoms with Crippen LogP contribution in [0.15, 0.2) is 36.4 Å². The Balaban J connectivity index is 2.28. The van der Waals surface area contributed by atoms with Gasteiger partial charge in [0.05, 0.1) is 6.04 Å². The van der Waals surface area contributed by atoms with E-state index >= 15 is 0 Å². The van der Waals surface area contributed by atoms with Crippen molar-refractivity contribution in [2.24, 2.45) is 5.84 Å². The maximum atomic E-state index is 6.21. The van der Waals surface area contributed by atoms with Gasteiger partial charge in [-0.2, -0.15) is 0 Å². The van der Waals surface area contributed by atoms with E-state index < -0.39 is 0 Å². The van der Waals surface area contributed by atoms with Crippen LogP contribution >= 0.6 is 23.2 Å². The van der Waals surface area contributed by atoms with Gasteiger partial charge in [-0.25, -0.2) is 0 Å². The second-order valence-corrected chi connectivity index (χ2v) is 5.85. The fourth-order valence-corrected chi connectivity index (χ4v) is 2.56. The normalized spacial score (nSPS) is 12.4. The van der Waals surface area contributed by atoms with Crippen LogP contribution in [-0.4, -0.2) is 0 Å². The number of nitrogens with two attached hydrogens (primary N) is 1. The molecule has 2 nitrogen and oxygen atoms in total. The average molecular weight is 309 g/mol. The van der Waals surface area contributed by atoms with Crippen LogP contribution in [0.25, 0.3) is 0 Å². The number of hydrogen-bond donors (Lipinski definition) is 2. The highest BCUT2D eigenvalue weighted by atomic mass is 35.5. The highest BCUT2D eigenvalue weighted by Crippen LogP contribution is 2.26. The lowest BCUT2D eigenvalue weighted by atomic mass is 9.96. The summed E-state index contributed by atoms with van der Waals surface area (Å²) in [7, 11) is 0. The number of nitrogens with one attached hydrogen (secondary N) is 1. The van der Waals surface area contributed by atoms with Gasteiger partial charge < -0.3 is 0 Å². The van der Waals surface area contributed by atoms with Gasteiger partial charge in [-0.15, -0.1) is 0 Å². The molecular formula is C16H18Cl2N2. The van der Waals surface area contributed by atoms with Crippen LogP contribution in [-0.2, 0) is 6.42 Å². The molecule has 0 aromatic heterocycles. The lowest BCUT2D eigenvalue weighted by Gasteiger charge is -2.18. The number of hydrazine groups is 1. The number of halogens is 2. The Hall–Kier alpha value is -1.06. The zero-order valence-corrected chi connectivity index (χ0v) is 13.1. The van der Waals surface area contributed by atoms with Crippen molar-refractivity contribution in [3.8, 4) is 0 Å². The van der Waals surface area contributed by atoms with Gasteiger partial charge in [0.1, 0.15) is 0 Å². The topological polar surface area (TPSA) is 38.0 Å². The van der Waals surface area contributed by atoms with Gasteiger partial charge in [-0.05, 0) is 60.7 Å². The lowest BCUT2D eigenvalue weighted by Crippen LogP contribution is -2.29. The Morgan fingerprint density at radius 2 is 1.80 bits per heavy atom. The number of aryl methyl sites for hydroxylation is 2. The molecule has 0 heterocycles. The molecule has 0 amide bonds. The lowest BCUT2D eigenvalue weighted by molar-refractivity contribution is 0.551. The van der Waals surface area contributed by atoms with Crippen LogP contribution in [0.4, 0.5) is 0 Å². The summed E-state index contributed by atoms with van der Waals surface area (Å²) in [5.41, 5.74) is 7.51. The first-order valence-corrected chi connectivity index (χ1v) is 7.24. The monoisotopic (exact) mass is 308 g/mol. The molecule has 106 valence electrons. The van der Waals surface area contributed by atoms with Gasteiger partial charge in [0, 0.05) is 10.0 Å². The van der Waals surface area contributed by atoms with Crippen molar-refractivity contribution in [1.29, 1.82) is 0 Å². The van der Waals surface area contributed by atoms with E-state index in [-0.39, 0.29) is 6.04 Å². The first-order valence-electron chi connectivity index (χ1n) is 6.48. The van der Waals surface area contributed by atoms with Gasteiger partial charge in [-0.1, -0.05) is 41.4 Å². The summed E-state index contributed by atoms with van der Waals surface area (Å²) in [5, 5.41) is 1.39. The van der Waals surface area contributed by atoms with Gasteiger partial charge >= 0.3 is 0 Å². The molecule has 2 rings (SSSR count). The predicted molar refractivity (Wildman–Crippen MR) is 86.1 cm³/mol. The molecule has 1 unspecified atom stereocenters. The Morgan fingerprint density at radius 1 is 1.05 bits per heavy atom. The van der Waals surface area contributed by atoms with E-state index in [1.54, 1.807) is 6.07 Å². The van der Waals surface area contributed by atoms with E-state index in [0.29, 0.717) is 16.5 Å². The molecule has 0 saturated carbocycles. The molecule has 20 heavy (non-hydrogen) atoms. The fourth-order valence-electron chi connectivity index (χ4n) is 2.17. The molecule has 0 aliphatic carbocycles. The highest BCUT2D eigenvalue weighted by molar-refractivity contribution is 6.33. The van der Waals surface area contributed by atoms with E-state index in [4.69, 9.17) is 29.0 Å². The average Bonchev–Trinajstić information content (AvgIpc) is 2.43. The van der Waals surface area contributed by atoms with Crippen LogP contribution in [0.2, 0.25) is 10.0 Å². The molecule has 0 aliphatic heterocycles. The summed E-state index contributed by atoms with van der Waals surface area (Å²) >= 11 is 12.2. The van der Waals surface area contributed by atoms with Crippen molar-refractivity contribution in [3.63, 3.8) is 0 Å². The second-order valence-electron chi connectivity index (χ2n) is 5.00. The van der Waals surface area contributed by atoms with E-state index in [9.17, 15) is 0 Å². The van der Waals surface area contributed by atoms with Crippen molar-refractivity contribution in [2.45, 2.75) is 26.3 Å². The van der Waals surface area contributed by atoms with Crippen LogP contribution in [0, 0.1) is 13.8 Å². The third-order valence-corrected chi connectivity index (χ3v) is 4.17. The minimum atomic E-state index is 0.00488. The van der Waals surface area contributed by atoms with Crippen LogP contribution in [0.1, 0.15) is 28.3 Å². The zero-order valence-electron chi connectivity index (χ0n) is 11.6. The zero-order chi connectivity index (χ0) is 14.7.